The highest BCUT2D eigenvalue weighted by Gasteiger charge is 2.28. The summed E-state index contributed by atoms with van der Waals surface area (Å²) in [5, 5.41) is 13.3. The van der Waals surface area contributed by atoms with Gasteiger partial charge in [-0.25, -0.2) is 12.8 Å². The predicted octanol–water partition coefficient (Wildman–Crippen LogP) is 1.35. The van der Waals surface area contributed by atoms with Crippen LogP contribution in [0.25, 0.3) is 0 Å². The van der Waals surface area contributed by atoms with Crippen molar-refractivity contribution in [2.75, 3.05) is 22.1 Å². The highest BCUT2D eigenvalue weighted by Crippen LogP contribution is 2.19. The van der Waals surface area contributed by atoms with E-state index in [-0.39, 0.29) is 29.2 Å². The van der Waals surface area contributed by atoms with Gasteiger partial charge < -0.3 is 10.6 Å². The monoisotopic (exact) mass is 323 g/mol. The van der Waals surface area contributed by atoms with Crippen LogP contribution in [0, 0.1) is 5.82 Å². The fourth-order valence-corrected chi connectivity index (χ4v) is 3.90. The van der Waals surface area contributed by atoms with Crippen molar-refractivity contribution in [2.45, 2.75) is 12.5 Å². The van der Waals surface area contributed by atoms with Crippen LogP contribution in [-0.2, 0) is 9.84 Å². The molecule has 2 aromatic rings. The molecule has 0 radical (unpaired) electrons. The summed E-state index contributed by atoms with van der Waals surface area (Å²) in [4.78, 5) is 4.16. The minimum absolute atomic E-state index is 0.0765. The Labute approximate surface area is 126 Å². The minimum atomic E-state index is -2.97. The topological polar surface area (TPSA) is 96.9 Å². The summed E-state index contributed by atoms with van der Waals surface area (Å²) in [6.45, 7) is 0. The van der Waals surface area contributed by atoms with Crippen molar-refractivity contribution in [3.8, 4) is 0 Å². The van der Waals surface area contributed by atoms with Gasteiger partial charge in [0.05, 0.1) is 23.4 Å². The highest BCUT2D eigenvalue weighted by atomic mass is 32.2. The molecule has 1 atom stereocenters. The molecule has 1 unspecified atom stereocenters. The molecular weight excluding hydrogens is 309 g/mol. The maximum absolute atomic E-state index is 13.6. The number of para-hydroxylation sites is 1. The summed E-state index contributed by atoms with van der Waals surface area (Å²) in [6.07, 6.45) is 1.93. The molecule has 1 fully saturated rings. The van der Waals surface area contributed by atoms with Gasteiger partial charge in [-0.1, -0.05) is 12.1 Å². The van der Waals surface area contributed by atoms with Crippen molar-refractivity contribution >= 4 is 27.3 Å². The average Bonchev–Trinajstić information content (AvgIpc) is 2.81. The maximum Gasteiger partial charge on any atom is 0.249 e. The molecule has 0 amide bonds. The summed E-state index contributed by atoms with van der Waals surface area (Å²) < 4.78 is 36.4. The van der Waals surface area contributed by atoms with Crippen molar-refractivity contribution < 1.29 is 12.8 Å². The average molecular weight is 323 g/mol. The summed E-state index contributed by atoms with van der Waals surface area (Å²) >= 11 is 0. The zero-order valence-electron chi connectivity index (χ0n) is 11.5. The van der Waals surface area contributed by atoms with E-state index in [4.69, 9.17) is 0 Å². The second-order valence-electron chi connectivity index (χ2n) is 5.01. The molecule has 2 N–H and O–H groups in total. The van der Waals surface area contributed by atoms with E-state index in [9.17, 15) is 12.8 Å². The van der Waals surface area contributed by atoms with E-state index in [0.29, 0.717) is 12.2 Å². The quantitative estimate of drug-likeness (QED) is 0.876. The molecule has 22 heavy (non-hydrogen) atoms. The Bertz CT molecular complexity index is 784. The molecule has 3 rings (SSSR count). The Kier molecular flexibility index (Phi) is 3.88. The first kappa shape index (κ1) is 14.6. The number of nitrogens with one attached hydrogen (secondary N) is 2. The Morgan fingerprint density at radius 1 is 1.27 bits per heavy atom. The number of hydrogen-bond acceptors (Lipinski definition) is 7. The second-order valence-corrected chi connectivity index (χ2v) is 7.24. The molecule has 9 heteroatoms. The number of rotatable bonds is 4. The van der Waals surface area contributed by atoms with Gasteiger partial charge in [0.25, 0.3) is 0 Å². The van der Waals surface area contributed by atoms with Gasteiger partial charge in [0.15, 0.2) is 15.7 Å². The van der Waals surface area contributed by atoms with Crippen molar-refractivity contribution in [1.29, 1.82) is 0 Å². The van der Waals surface area contributed by atoms with E-state index in [0.717, 1.165) is 0 Å². The van der Waals surface area contributed by atoms with Crippen LogP contribution >= 0.6 is 0 Å². The zero-order chi connectivity index (χ0) is 15.6. The summed E-state index contributed by atoms with van der Waals surface area (Å²) in [7, 11) is -2.97. The van der Waals surface area contributed by atoms with Crippen molar-refractivity contribution in [1.82, 2.24) is 15.2 Å². The molecular formula is C13H14FN5O2S. The van der Waals surface area contributed by atoms with Gasteiger partial charge in [-0.05, 0) is 18.6 Å². The van der Waals surface area contributed by atoms with Gasteiger partial charge in [-0.2, -0.15) is 10.1 Å². The molecule has 1 saturated heterocycles. The third-order valence-electron chi connectivity index (χ3n) is 3.26. The number of nitrogens with zero attached hydrogens (tertiary/aromatic N) is 3. The van der Waals surface area contributed by atoms with Gasteiger partial charge in [0.1, 0.15) is 5.82 Å². The SMILES string of the molecule is O=S1(=O)CCC(Nc2cnnc(Nc3ccccc3F)n2)C1. The fourth-order valence-electron chi connectivity index (χ4n) is 2.23. The first-order chi connectivity index (χ1) is 10.5. The van der Waals surface area contributed by atoms with Crippen molar-refractivity contribution in [3.05, 3.63) is 36.3 Å². The molecule has 7 nitrogen and oxygen atoms in total. The highest BCUT2D eigenvalue weighted by molar-refractivity contribution is 7.91. The number of sulfone groups is 1. The molecule has 0 bridgehead atoms. The van der Waals surface area contributed by atoms with Crippen LogP contribution in [0.5, 0.6) is 0 Å². The van der Waals surface area contributed by atoms with E-state index in [1.807, 2.05) is 0 Å². The Morgan fingerprint density at radius 2 is 2.09 bits per heavy atom. The van der Waals surface area contributed by atoms with Crippen LogP contribution in [0.15, 0.2) is 30.5 Å². The maximum atomic E-state index is 13.6. The molecule has 116 valence electrons. The van der Waals surface area contributed by atoms with Gasteiger partial charge in [0, 0.05) is 6.04 Å². The van der Waals surface area contributed by atoms with E-state index in [1.54, 1.807) is 18.2 Å². The van der Waals surface area contributed by atoms with Crippen LogP contribution in [0.4, 0.5) is 21.8 Å². The number of anilines is 3. The summed E-state index contributed by atoms with van der Waals surface area (Å²) in [6, 6.07) is 5.95. The van der Waals surface area contributed by atoms with E-state index in [2.05, 4.69) is 25.8 Å². The predicted molar refractivity (Wildman–Crippen MR) is 80.2 cm³/mol. The van der Waals surface area contributed by atoms with E-state index >= 15 is 0 Å². The lowest BCUT2D eigenvalue weighted by Gasteiger charge is -2.12. The van der Waals surface area contributed by atoms with Crippen LogP contribution in [0.1, 0.15) is 6.42 Å². The van der Waals surface area contributed by atoms with E-state index < -0.39 is 15.7 Å². The van der Waals surface area contributed by atoms with E-state index in [1.165, 1.54) is 12.3 Å². The lowest BCUT2D eigenvalue weighted by Crippen LogP contribution is -2.21. The Morgan fingerprint density at radius 3 is 2.82 bits per heavy atom. The van der Waals surface area contributed by atoms with Gasteiger partial charge >= 0.3 is 0 Å². The number of benzene rings is 1. The molecule has 2 heterocycles. The minimum Gasteiger partial charge on any atom is -0.365 e. The normalized spacial score (nSPS) is 19.8. The largest absolute Gasteiger partial charge is 0.365 e. The summed E-state index contributed by atoms with van der Waals surface area (Å²) in [5.74, 6) is 0.356. The van der Waals surface area contributed by atoms with Crippen LogP contribution in [-0.4, -0.2) is 41.1 Å². The number of aromatic nitrogens is 3. The first-order valence-corrected chi connectivity index (χ1v) is 8.52. The third-order valence-corrected chi connectivity index (χ3v) is 5.03. The number of halogens is 1. The summed E-state index contributed by atoms with van der Waals surface area (Å²) in [5.41, 5.74) is 0.241. The van der Waals surface area contributed by atoms with Crippen LogP contribution < -0.4 is 10.6 Å². The Hall–Kier alpha value is -2.29. The molecule has 1 aromatic carbocycles. The van der Waals surface area contributed by atoms with Crippen LogP contribution in [0.2, 0.25) is 0 Å². The molecule has 0 aliphatic carbocycles. The Balaban J connectivity index is 1.72. The first-order valence-electron chi connectivity index (χ1n) is 6.70. The molecule has 1 aliphatic rings. The van der Waals surface area contributed by atoms with Crippen molar-refractivity contribution in [3.63, 3.8) is 0 Å². The van der Waals surface area contributed by atoms with Crippen LogP contribution in [0.3, 0.4) is 0 Å². The molecule has 1 aromatic heterocycles. The molecule has 0 spiro atoms. The zero-order valence-corrected chi connectivity index (χ0v) is 12.3. The van der Waals surface area contributed by atoms with Gasteiger partial charge in [0.2, 0.25) is 5.95 Å². The number of hydrogen-bond donors (Lipinski definition) is 2. The second kappa shape index (κ2) is 5.84. The lowest BCUT2D eigenvalue weighted by atomic mass is 10.3. The van der Waals surface area contributed by atoms with Gasteiger partial charge in [-0.3, -0.25) is 0 Å². The van der Waals surface area contributed by atoms with Gasteiger partial charge in [-0.15, -0.1) is 5.10 Å². The standard InChI is InChI=1S/C13H14FN5O2S/c14-10-3-1-2-4-11(10)17-13-18-12(7-15-19-13)16-9-5-6-22(20,21)8-9/h1-4,7,9H,5-6,8H2,(H2,16,17,18,19). The van der Waals surface area contributed by atoms with Crippen molar-refractivity contribution in [2.24, 2.45) is 0 Å². The third kappa shape index (κ3) is 3.48. The smallest absolute Gasteiger partial charge is 0.249 e. The fraction of sp³-hybridized carbons (Fsp3) is 0.308. The lowest BCUT2D eigenvalue weighted by molar-refractivity contribution is 0.602. The molecule has 0 saturated carbocycles. The molecule has 1 aliphatic heterocycles.